The van der Waals surface area contributed by atoms with Crippen LogP contribution in [0.1, 0.15) is 13.3 Å². The molecular weight excluding hydrogens is 208 g/mol. The predicted octanol–water partition coefficient (Wildman–Crippen LogP) is 0.988. The van der Waals surface area contributed by atoms with Crippen LogP contribution in [-0.2, 0) is 0 Å². The summed E-state index contributed by atoms with van der Waals surface area (Å²) < 4.78 is 4.66. The number of nitrogens with one attached hydrogen (secondary N) is 1. The minimum absolute atomic E-state index is 0.142. The van der Waals surface area contributed by atoms with Crippen LogP contribution in [-0.4, -0.2) is 28.1 Å². The number of aliphatic hydroxyl groups excluding tert-OH is 1. The Balaban J connectivity index is 2.31. The van der Waals surface area contributed by atoms with Crippen LogP contribution in [0.3, 0.4) is 0 Å². The van der Waals surface area contributed by atoms with Crippen molar-refractivity contribution in [1.82, 2.24) is 10.3 Å². The van der Waals surface area contributed by atoms with Gasteiger partial charge in [0.25, 0.3) is 0 Å². The summed E-state index contributed by atoms with van der Waals surface area (Å²) in [6.07, 6.45) is 0.664. The van der Waals surface area contributed by atoms with Crippen LogP contribution in [0.4, 0.5) is 11.4 Å². The molecule has 1 aromatic heterocycles. The van der Waals surface area contributed by atoms with E-state index in [4.69, 9.17) is 10.8 Å². The Bertz CT molecular complexity index is 483. The average Bonchev–Trinajstić information content (AvgIpc) is 2.72. The summed E-state index contributed by atoms with van der Waals surface area (Å²) in [6.45, 7) is 2.12. The number of nitrogen functional groups attached to an aromatic ring is 1. The molecule has 4 N–H and O–H groups in total. The molecule has 1 unspecified atom stereocenters. The largest absolute Gasteiger partial charge is 0.397 e. The molecule has 0 bridgehead atoms. The van der Waals surface area contributed by atoms with Gasteiger partial charge in [-0.05, 0) is 35.8 Å². The standard InChI is InChI=1S/C10H14N4O2/c1-6(4-5-15)12-8-3-2-7(11)9-10(8)14-16-13-9/h2-3,6,12,15H,4-5,11H2,1H3. The molecule has 0 radical (unpaired) electrons. The van der Waals surface area contributed by atoms with Crippen molar-refractivity contribution in [3.05, 3.63) is 12.1 Å². The van der Waals surface area contributed by atoms with E-state index >= 15 is 0 Å². The van der Waals surface area contributed by atoms with Crippen LogP contribution in [0.15, 0.2) is 16.8 Å². The highest BCUT2D eigenvalue weighted by Gasteiger charge is 2.11. The third-order valence-electron chi connectivity index (χ3n) is 2.41. The lowest BCUT2D eigenvalue weighted by Crippen LogP contribution is -2.16. The maximum absolute atomic E-state index is 8.83. The van der Waals surface area contributed by atoms with Crippen LogP contribution < -0.4 is 11.1 Å². The molecule has 2 aromatic rings. The van der Waals surface area contributed by atoms with Gasteiger partial charge in [0.2, 0.25) is 0 Å². The Kier molecular flexibility index (Phi) is 2.91. The van der Waals surface area contributed by atoms with Gasteiger partial charge in [-0.25, -0.2) is 4.63 Å². The second kappa shape index (κ2) is 4.36. The minimum atomic E-state index is 0.142. The average molecular weight is 222 g/mol. The second-order valence-corrected chi connectivity index (χ2v) is 3.72. The normalized spacial score (nSPS) is 12.9. The summed E-state index contributed by atoms with van der Waals surface area (Å²) in [5, 5.41) is 19.6. The molecule has 0 fully saturated rings. The topological polar surface area (TPSA) is 97.2 Å². The van der Waals surface area contributed by atoms with Crippen molar-refractivity contribution >= 4 is 22.4 Å². The third kappa shape index (κ3) is 1.92. The number of fused-ring (bicyclic) bond motifs is 1. The molecule has 0 amide bonds. The number of anilines is 2. The Morgan fingerprint density at radius 1 is 1.44 bits per heavy atom. The second-order valence-electron chi connectivity index (χ2n) is 3.72. The van der Waals surface area contributed by atoms with Crippen molar-refractivity contribution in [1.29, 1.82) is 0 Å². The smallest absolute Gasteiger partial charge is 0.160 e. The van der Waals surface area contributed by atoms with E-state index in [1.807, 2.05) is 13.0 Å². The molecular formula is C10H14N4O2. The quantitative estimate of drug-likeness (QED) is 0.667. The van der Waals surface area contributed by atoms with Gasteiger partial charge in [-0.2, -0.15) is 0 Å². The fourth-order valence-electron chi connectivity index (χ4n) is 1.53. The summed E-state index contributed by atoms with van der Waals surface area (Å²) >= 11 is 0. The zero-order valence-electron chi connectivity index (χ0n) is 8.97. The van der Waals surface area contributed by atoms with E-state index in [1.54, 1.807) is 6.07 Å². The summed E-state index contributed by atoms with van der Waals surface area (Å²) in [5.74, 6) is 0. The molecule has 0 aliphatic heterocycles. The van der Waals surface area contributed by atoms with Gasteiger partial charge in [0.05, 0.1) is 11.4 Å². The van der Waals surface area contributed by atoms with Gasteiger partial charge in [0.15, 0.2) is 11.0 Å². The Hall–Kier alpha value is -1.82. The number of nitrogens with zero attached hydrogens (tertiary/aromatic N) is 2. The fraction of sp³-hybridized carbons (Fsp3) is 0.400. The van der Waals surface area contributed by atoms with Crippen LogP contribution in [0.2, 0.25) is 0 Å². The maximum atomic E-state index is 8.83. The Morgan fingerprint density at radius 2 is 2.19 bits per heavy atom. The molecule has 6 nitrogen and oxygen atoms in total. The van der Waals surface area contributed by atoms with E-state index in [-0.39, 0.29) is 12.6 Å². The van der Waals surface area contributed by atoms with Gasteiger partial charge in [-0.1, -0.05) is 0 Å². The molecule has 0 aliphatic carbocycles. The Labute approximate surface area is 92.4 Å². The lowest BCUT2D eigenvalue weighted by atomic mass is 10.2. The van der Waals surface area contributed by atoms with Crippen molar-refractivity contribution in [2.45, 2.75) is 19.4 Å². The summed E-state index contributed by atoms with van der Waals surface area (Å²) in [7, 11) is 0. The summed E-state index contributed by atoms with van der Waals surface area (Å²) in [6, 6.07) is 3.73. The molecule has 0 saturated carbocycles. The van der Waals surface area contributed by atoms with E-state index in [2.05, 4.69) is 20.3 Å². The maximum Gasteiger partial charge on any atom is 0.160 e. The molecule has 0 aliphatic rings. The van der Waals surface area contributed by atoms with Gasteiger partial charge in [-0.3, -0.25) is 0 Å². The zero-order valence-corrected chi connectivity index (χ0v) is 8.97. The molecule has 6 heteroatoms. The molecule has 86 valence electrons. The third-order valence-corrected chi connectivity index (χ3v) is 2.41. The number of aliphatic hydroxyl groups is 1. The first-order chi connectivity index (χ1) is 7.72. The number of rotatable bonds is 4. The van der Waals surface area contributed by atoms with Crippen molar-refractivity contribution in [3.8, 4) is 0 Å². The summed E-state index contributed by atoms with van der Waals surface area (Å²) in [5.41, 5.74) is 8.25. The first-order valence-corrected chi connectivity index (χ1v) is 5.10. The van der Waals surface area contributed by atoms with E-state index < -0.39 is 0 Å². The number of hydrogen-bond acceptors (Lipinski definition) is 6. The van der Waals surface area contributed by atoms with Crippen molar-refractivity contribution < 1.29 is 9.74 Å². The minimum Gasteiger partial charge on any atom is -0.397 e. The number of aromatic nitrogens is 2. The highest BCUT2D eigenvalue weighted by atomic mass is 16.6. The van der Waals surface area contributed by atoms with Gasteiger partial charge in [-0.15, -0.1) is 0 Å². The molecule has 0 saturated heterocycles. The van der Waals surface area contributed by atoms with Crippen LogP contribution in [0.25, 0.3) is 11.0 Å². The first-order valence-electron chi connectivity index (χ1n) is 5.10. The lowest BCUT2D eigenvalue weighted by molar-refractivity contribution is 0.282. The summed E-state index contributed by atoms with van der Waals surface area (Å²) in [4.78, 5) is 0. The number of benzene rings is 1. The van der Waals surface area contributed by atoms with Crippen LogP contribution in [0.5, 0.6) is 0 Å². The molecule has 1 heterocycles. The number of nitrogens with two attached hydrogens (primary N) is 1. The SMILES string of the molecule is CC(CCO)Nc1ccc(N)c2nonc12. The van der Waals surface area contributed by atoms with E-state index in [0.29, 0.717) is 23.1 Å². The fourth-order valence-corrected chi connectivity index (χ4v) is 1.53. The molecule has 1 atom stereocenters. The van der Waals surface area contributed by atoms with E-state index in [9.17, 15) is 0 Å². The van der Waals surface area contributed by atoms with E-state index in [1.165, 1.54) is 0 Å². The zero-order chi connectivity index (χ0) is 11.5. The van der Waals surface area contributed by atoms with Gasteiger partial charge in [0.1, 0.15) is 0 Å². The highest BCUT2D eigenvalue weighted by Crippen LogP contribution is 2.25. The van der Waals surface area contributed by atoms with Crippen LogP contribution in [0, 0.1) is 0 Å². The predicted molar refractivity (Wildman–Crippen MR) is 61.0 cm³/mol. The van der Waals surface area contributed by atoms with Crippen LogP contribution >= 0.6 is 0 Å². The van der Waals surface area contributed by atoms with Gasteiger partial charge in [0, 0.05) is 12.6 Å². The van der Waals surface area contributed by atoms with Crippen molar-refractivity contribution in [3.63, 3.8) is 0 Å². The monoisotopic (exact) mass is 222 g/mol. The van der Waals surface area contributed by atoms with E-state index in [0.717, 1.165) is 5.69 Å². The van der Waals surface area contributed by atoms with Crippen molar-refractivity contribution in [2.75, 3.05) is 17.7 Å². The molecule has 0 spiro atoms. The Morgan fingerprint density at radius 3 is 2.94 bits per heavy atom. The van der Waals surface area contributed by atoms with Crippen molar-refractivity contribution in [2.24, 2.45) is 0 Å². The molecule has 2 rings (SSSR count). The highest BCUT2D eigenvalue weighted by molar-refractivity contribution is 5.94. The van der Waals surface area contributed by atoms with Gasteiger partial charge < -0.3 is 16.2 Å². The first kappa shape index (κ1) is 10.7. The van der Waals surface area contributed by atoms with Gasteiger partial charge >= 0.3 is 0 Å². The molecule has 1 aromatic carbocycles. The molecule has 16 heavy (non-hydrogen) atoms. The number of hydrogen-bond donors (Lipinski definition) is 3. The lowest BCUT2D eigenvalue weighted by Gasteiger charge is -2.13.